The van der Waals surface area contributed by atoms with Crippen molar-refractivity contribution in [2.24, 2.45) is 0 Å². The first kappa shape index (κ1) is 22.5. The van der Waals surface area contributed by atoms with Crippen LogP contribution in [-0.4, -0.2) is 12.1 Å². The van der Waals surface area contributed by atoms with Gasteiger partial charge in [-0.1, -0.05) is 23.7 Å². The lowest BCUT2D eigenvalue weighted by molar-refractivity contribution is 0.282. The zero-order chi connectivity index (χ0) is 19.1. The van der Waals surface area contributed by atoms with Crippen LogP contribution in [0.5, 0.6) is 11.5 Å². The van der Waals surface area contributed by atoms with E-state index in [1.807, 2.05) is 48.5 Å². The highest BCUT2D eigenvalue weighted by molar-refractivity contribution is 9.10. The first-order chi connectivity index (χ1) is 13.2. The monoisotopic (exact) mass is 482 g/mol. The van der Waals surface area contributed by atoms with Gasteiger partial charge in [-0.15, -0.1) is 12.4 Å². The summed E-state index contributed by atoms with van der Waals surface area (Å²) < 4.78 is 12.4. The Morgan fingerprint density at radius 1 is 0.964 bits per heavy atom. The lowest BCUT2D eigenvalue weighted by Crippen LogP contribution is -2.13. The predicted octanol–water partition coefficient (Wildman–Crippen LogP) is 5.80. The number of pyridine rings is 1. The van der Waals surface area contributed by atoms with Crippen LogP contribution in [0.1, 0.15) is 16.7 Å². The Labute approximate surface area is 184 Å². The Balaban J connectivity index is 0.00000280. The van der Waals surface area contributed by atoms with Gasteiger partial charge in [-0.3, -0.25) is 4.98 Å². The third-order valence-corrected chi connectivity index (χ3v) is 4.83. The number of halogens is 3. The van der Waals surface area contributed by atoms with Crippen molar-refractivity contribution in [3.63, 3.8) is 0 Å². The summed E-state index contributed by atoms with van der Waals surface area (Å²) in [7, 11) is 1.64. The summed E-state index contributed by atoms with van der Waals surface area (Å²) in [6.07, 6.45) is 3.59. The van der Waals surface area contributed by atoms with Crippen LogP contribution in [0, 0.1) is 0 Å². The second-order valence-electron chi connectivity index (χ2n) is 5.98. The van der Waals surface area contributed by atoms with E-state index in [1.165, 1.54) is 5.56 Å². The molecule has 1 aromatic heterocycles. The fraction of sp³-hybridized carbons (Fsp3) is 0.190. The Hall–Kier alpha value is -1.79. The van der Waals surface area contributed by atoms with Crippen molar-refractivity contribution in [2.45, 2.75) is 19.7 Å². The van der Waals surface area contributed by atoms with E-state index < -0.39 is 0 Å². The molecule has 148 valence electrons. The molecule has 4 nitrogen and oxygen atoms in total. The molecule has 28 heavy (non-hydrogen) atoms. The number of rotatable bonds is 8. The number of ether oxygens (including phenoxy) is 2. The third kappa shape index (κ3) is 6.38. The van der Waals surface area contributed by atoms with Crippen molar-refractivity contribution in [1.29, 1.82) is 0 Å². The molecule has 0 amide bonds. The van der Waals surface area contributed by atoms with E-state index in [4.69, 9.17) is 21.1 Å². The number of benzene rings is 2. The van der Waals surface area contributed by atoms with Gasteiger partial charge in [-0.2, -0.15) is 0 Å². The van der Waals surface area contributed by atoms with Gasteiger partial charge in [0.15, 0.2) is 11.5 Å². The van der Waals surface area contributed by atoms with E-state index in [2.05, 4.69) is 26.2 Å². The van der Waals surface area contributed by atoms with Crippen molar-refractivity contribution in [1.82, 2.24) is 10.3 Å². The van der Waals surface area contributed by atoms with Crippen molar-refractivity contribution in [2.75, 3.05) is 7.11 Å². The molecule has 0 aliphatic rings. The molecule has 0 unspecified atom stereocenters. The van der Waals surface area contributed by atoms with Crippen LogP contribution in [0.25, 0.3) is 0 Å². The summed E-state index contributed by atoms with van der Waals surface area (Å²) in [6.45, 7) is 1.93. The summed E-state index contributed by atoms with van der Waals surface area (Å²) in [6, 6.07) is 15.6. The Morgan fingerprint density at radius 3 is 2.32 bits per heavy atom. The maximum Gasteiger partial charge on any atom is 0.175 e. The molecule has 7 heteroatoms. The highest BCUT2D eigenvalue weighted by Gasteiger charge is 2.12. The first-order valence-corrected chi connectivity index (χ1v) is 9.66. The van der Waals surface area contributed by atoms with Gasteiger partial charge in [0.1, 0.15) is 6.61 Å². The van der Waals surface area contributed by atoms with Crippen molar-refractivity contribution >= 4 is 39.9 Å². The smallest absolute Gasteiger partial charge is 0.175 e. The molecule has 3 aromatic rings. The summed E-state index contributed by atoms with van der Waals surface area (Å²) in [5, 5.41) is 4.13. The summed E-state index contributed by atoms with van der Waals surface area (Å²) in [4.78, 5) is 4.03. The van der Waals surface area contributed by atoms with Gasteiger partial charge in [-0.05, 0) is 69.0 Å². The molecule has 0 saturated heterocycles. The average molecular weight is 484 g/mol. The molecular weight excluding hydrogens is 463 g/mol. The third-order valence-electron chi connectivity index (χ3n) is 3.99. The zero-order valence-corrected chi connectivity index (χ0v) is 18.5. The molecule has 0 saturated carbocycles. The molecule has 1 heterocycles. The van der Waals surface area contributed by atoms with Crippen LogP contribution in [0.3, 0.4) is 0 Å². The molecular formula is C21H21BrCl2N2O2. The minimum Gasteiger partial charge on any atom is -0.493 e. The van der Waals surface area contributed by atoms with Crippen LogP contribution < -0.4 is 14.8 Å². The lowest BCUT2D eigenvalue weighted by Gasteiger charge is -2.15. The summed E-state index contributed by atoms with van der Waals surface area (Å²) >= 11 is 9.52. The number of hydrogen-bond acceptors (Lipinski definition) is 4. The standard InChI is InChI=1S/C21H20BrClN2O2.ClH/c1-26-20-11-17(13-25-12-15-6-8-24-9-7-15)10-19(22)21(20)27-14-16-2-4-18(23)5-3-16;/h2-11,25H,12-14H2,1H3;1H. The topological polar surface area (TPSA) is 43.4 Å². The van der Waals surface area contributed by atoms with E-state index in [1.54, 1.807) is 19.5 Å². The van der Waals surface area contributed by atoms with Gasteiger partial charge in [0, 0.05) is 30.5 Å². The van der Waals surface area contributed by atoms with Gasteiger partial charge in [0.2, 0.25) is 0 Å². The van der Waals surface area contributed by atoms with Gasteiger partial charge in [0.25, 0.3) is 0 Å². The minimum atomic E-state index is 0. The van der Waals surface area contributed by atoms with Crippen LogP contribution in [-0.2, 0) is 19.7 Å². The highest BCUT2D eigenvalue weighted by Crippen LogP contribution is 2.37. The van der Waals surface area contributed by atoms with E-state index >= 15 is 0 Å². The molecule has 1 N–H and O–H groups in total. The van der Waals surface area contributed by atoms with E-state index in [-0.39, 0.29) is 12.4 Å². The summed E-state index contributed by atoms with van der Waals surface area (Å²) in [5.41, 5.74) is 3.34. The number of aromatic nitrogens is 1. The van der Waals surface area contributed by atoms with Crippen molar-refractivity contribution in [3.05, 3.63) is 87.1 Å². The van der Waals surface area contributed by atoms with Crippen molar-refractivity contribution < 1.29 is 9.47 Å². The maximum absolute atomic E-state index is 5.97. The predicted molar refractivity (Wildman–Crippen MR) is 119 cm³/mol. The molecule has 0 radical (unpaired) electrons. The number of methoxy groups -OCH3 is 1. The largest absolute Gasteiger partial charge is 0.493 e. The molecule has 3 rings (SSSR count). The van der Waals surface area contributed by atoms with Gasteiger partial charge < -0.3 is 14.8 Å². The molecule has 0 fully saturated rings. The Bertz CT molecular complexity index is 878. The molecule has 0 atom stereocenters. The number of nitrogens with one attached hydrogen (secondary N) is 1. The SMILES string of the molecule is COc1cc(CNCc2ccncc2)cc(Br)c1OCc1ccc(Cl)cc1.Cl. The van der Waals surface area contributed by atoms with Gasteiger partial charge in [-0.25, -0.2) is 0 Å². The number of hydrogen-bond donors (Lipinski definition) is 1. The Morgan fingerprint density at radius 2 is 1.64 bits per heavy atom. The van der Waals surface area contributed by atoms with Crippen molar-refractivity contribution in [3.8, 4) is 11.5 Å². The first-order valence-electron chi connectivity index (χ1n) is 8.49. The Kier molecular flexibility index (Phi) is 9.06. The van der Waals surface area contributed by atoms with Crippen LogP contribution >= 0.6 is 39.9 Å². The zero-order valence-electron chi connectivity index (χ0n) is 15.3. The maximum atomic E-state index is 5.97. The van der Waals surface area contributed by atoms with Gasteiger partial charge >= 0.3 is 0 Å². The fourth-order valence-electron chi connectivity index (χ4n) is 2.60. The highest BCUT2D eigenvalue weighted by atomic mass is 79.9. The van der Waals surface area contributed by atoms with E-state index in [0.717, 1.165) is 28.7 Å². The van der Waals surface area contributed by atoms with Crippen LogP contribution in [0.15, 0.2) is 65.4 Å². The summed E-state index contributed by atoms with van der Waals surface area (Å²) in [5.74, 6) is 1.38. The number of nitrogens with zero attached hydrogens (tertiary/aromatic N) is 1. The second kappa shape index (κ2) is 11.3. The second-order valence-corrected chi connectivity index (χ2v) is 7.27. The van der Waals surface area contributed by atoms with E-state index in [0.29, 0.717) is 23.1 Å². The van der Waals surface area contributed by atoms with E-state index in [9.17, 15) is 0 Å². The van der Waals surface area contributed by atoms with Crippen LogP contribution in [0.4, 0.5) is 0 Å². The lowest BCUT2D eigenvalue weighted by atomic mass is 10.2. The quantitative estimate of drug-likeness (QED) is 0.439. The molecule has 0 aliphatic carbocycles. The average Bonchev–Trinajstić information content (AvgIpc) is 2.69. The fourth-order valence-corrected chi connectivity index (χ4v) is 3.33. The molecule has 2 aromatic carbocycles. The normalized spacial score (nSPS) is 10.2. The molecule has 0 bridgehead atoms. The minimum absolute atomic E-state index is 0. The molecule has 0 spiro atoms. The molecule has 0 aliphatic heterocycles. The van der Waals surface area contributed by atoms with Gasteiger partial charge in [0.05, 0.1) is 11.6 Å². The van der Waals surface area contributed by atoms with Crippen LogP contribution in [0.2, 0.25) is 5.02 Å².